The van der Waals surface area contributed by atoms with Crippen LogP contribution in [0.2, 0.25) is 0 Å². The van der Waals surface area contributed by atoms with Gasteiger partial charge in [0.15, 0.2) is 0 Å². The predicted octanol–water partition coefficient (Wildman–Crippen LogP) is 0.810. The Bertz CT molecular complexity index is 895. The van der Waals surface area contributed by atoms with E-state index in [0.29, 0.717) is 19.3 Å². The number of hydrogen-bond acceptors (Lipinski definition) is 7. The minimum atomic E-state index is -0.585. The minimum Gasteiger partial charge on any atom is -0.470 e. The van der Waals surface area contributed by atoms with E-state index in [1.807, 2.05) is 0 Å². The Hall–Kier alpha value is -3.37. The van der Waals surface area contributed by atoms with Crippen LogP contribution in [0.5, 0.6) is 5.88 Å². The lowest BCUT2D eigenvalue weighted by Crippen LogP contribution is -2.50. The van der Waals surface area contributed by atoms with Gasteiger partial charge in [-0.05, 0) is 40.0 Å². The van der Waals surface area contributed by atoms with Gasteiger partial charge in [0.05, 0.1) is 6.04 Å². The largest absolute Gasteiger partial charge is 0.470 e. The lowest BCUT2D eigenvalue weighted by Gasteiger charge is -2.34. The normalized spacial score (nSPS) is 23.6. The first-order chi connectivity index (χ1) is 13.0. The van der Waals surface area contributed by atoms with Crippen molar-refractivity contribution in [2.45, 2.75) is 37.5 Å². The summed E-state index contributed by atoms with van der Waals surface area (Å²) in [5.41, 5.74) is 6.98. The van der Waals surface area contributed by atoms with Crippen molar-refractivity contribution in [3.63, 3.8) is 0 Å². The van der Waals surface area contributed by atoms with Crippen molar-refractivity contribution in [3.8, 4) is 5.88 Å². The number of amidine groups is 1. The van der Waals surface area contributed by atoms with E-state index in [9.17, 15) is 14.4 Å². The van der Waals surface area contributed by atoms with Crippen molar-refractivity contribution >= 4 is 11.9 Å². The lowest BCUT2D eigenvalue weighted by molar-refractivity contribution is 0.0801. The maximum absolute atomic E-state index is 13.4. The molecule has 2 amide bonds. The number of rotatable bonds is 5. The second kappa shape index (κ2) is 6.74. The van der Waals surface area contributed by atoms with Crippen molar-refractivity contribution in [1.29, 1.82) is 0 Å². The molecular formula is C16H17FN6O4. The van der Waals surface area contributed by atoms with E-state index in [-0.39, 0.29) is 41.4 Å². The highest BCUT2D eigenvalue weighted by Crippen LogP contribution is 2.34. The molecule has 2 aliphatic rings. The van der Waals surface area contributed by atoms with Crippen LogP contribution in [0.3, 0.4) is 0 Å². The number of aromatic nitrogens is 2. The topological polar surface area (TPSA) is 148 Å². The van der Waals surface area contributed by atoms with Crippen LogP contribution in [0, 0.1) is 5.82 Å². The Balaban J connectivity index is 1.40. The number of nitrogens with two attached hydrogens (primary N) is 1. The number of ether oxygens (including phenoxy) is 1. The lowest BCUT2D eigenvalue weighted by atomic mass is 9.83. The average Bonchev–Trinajstić information content (AvgIpc) is 3.04. The van der Waals surface area contributed by atoms with E-state index in [1.165, 1.54) is 12.1 Å². The summed E-state index contributed by atoms with van der Waals surface area (Å²) in [5, 5.41) is 25.6. The molecule has 11 heteroatoms. The third kappa shape index (κ3) is 3.35. The number of carbonyl (C=O) groups excluding carboxylic acids is 1. The SMILES string of the molecule is NC(=O)N[C@H]1C[C@H](Oc2nonc2/C(=N\O)N[C@H]2Cc3ccc(F)cc32)C1. The van der Waals surface area contributed by atoms with E-state index < -0.39 is 6.03 Å². The molecule has 5 N–H and O–H groups in total. The summed E-state index contributed by atoms with van der Waals surface area (Å²) in [6.07, 6.45) is 1.57. The van der Waals surface area contributed by atoms with Gasteiger partial charge in [-0.3, -0.25) is 0 Å². The van der Waals surface area contributed by atoms with Crippen molar-refractivity contribution in [2.24, 2.45) is 10.9 Å². The third-order valence-electron chi connectivity index (χ3n) is 4.72. The van der Waals surface area contributed by atoms with Crippen LogP contribution in [0.25, 0.3) is 0 Å². The summed E-state index contributed by atoms with van der Waals surface area (Å²) in [4.78, 5) is 10.8. The highest BCUT2D eigenvalue weighted by molar-refractivity contribution is 5.98. The van der Waals surface area contributed by atoms with Crippen molar-refractivity contribution in [3.05, 3.63) is 40.8 Å². The number of amides is 2. The number of hydrogen-bond donors (Lipinski definition) is 4. The van der Waals surface area contributed by atoms with Crippen molar-refractivity contribution < 1.29 is 23.8 Å². The Morgan fingerprint density at radius 2 is 2.19 bits per heavy atom. The Kier molecular flexibility index (Phi) is 4.26. The summed E-state index contributed by atoms with van der Waals surface area (Å²) < 4.78 is 23.8. The molecule has 0 aliphatic heterocycles. The van der Waals surface area contributed by atoms with Gasteiger partial charge in [0, 0.05) is 18.9 Å². The van der Waals surface area contributed by atoms with Gasteiger partial charge in [0.25, 0.3) is 5.88 Å². The molecule has 2 aromatic rings. The van der Waals surface area contributed by atoms with Crippen LogP contribution in [-0.2, 0) is 6.42 Å². The van der Waals surface area contributed by atoms with Gasteiger partial charge >= 0.3 is 6.03 Å². The summed E-state index contributed by atoms with van der Waals surface area (Å²) in [6.45, 7) is 0. The fourth-order valence-electron chi connectivity index (χ4n) is 3.25. The highest BCUT2D eigenvalue weighted by Gasteiger charge is 2.35. The summed E-state index contributed by atoms with van der Waals surface area (Å²) >= 11 is 0. The molecule has 1 aromatic carbocycles. The first kappa shape index (κ1) is 17.1. The van der Waals surface area contributed by atoms with Crippen LogP contribution in [0.4, 0.5) is 9.18 Å². The summed E-state index contributed by atoms with van der Waals surface area (Å²) in [7, 11) is 0. The number of fused-ring (bicyclic) bond motifs is 1. The van der Waals surface area contributed by atoms with Gasteiger partial charge in [-0.15, -0.1) is 0 Å². The molecule has 1 fully saturated rings. The quantitative estimate of drug-likeness (QED) is 0.261. The Labute approximate surface area is 152 Å². The molecule has 10 nitrogen and oxygen atoms in total. The number of benzene rings is 1. The fraction of sp³-hybridized carbons (Fsp3) is 0.375. The van der Waals surface area contributed by atoms with Crippen molar-refractivity contribution in [1.82, 2.24) is 20.9 Å². The van der Waals surface area contributed by atoms with E-state index >= 15 is 0 Å². The molecule has 2 aliphatic carbocycles. The zero-order valence-electron chi connectivity index (χ0n) is 14.1. The summed E-state index contributed by atoms with van der Waals surface area (Å²) in [5.74, 6) is -0.257. The number of primary amides is 1. The van der Waals surface area contributed by atoms with E-state index in [4.69, 9.17) is 15.1 Å². The minimum absolute atomic E-state index is 0.0114. The zero-order chi connectivity index (χ0) is 19.0. The number of nitrogens with zero attached hydrogens (tertiary/aromatic N) is 3. The van der Waals surface area contributed by atoms with Gasteiger partial charge in [0.2, 0.25) is 11.5 Å². The molecular weight excluding hydrogens is 359 g/mol. The monoisotopic (exact) mass is 376 g/mol. The average molecular weight is 376 g/mol. The summed E-state index contributed by atoms with van der Waals surface area (Å²) in [6, 6.07) is 3.70. The fourth-order valence-corrected chi connectivity index (χ4v) is 3.25. The highest BCUT2D eigenvalue weighted by atomic mass is 19.1. The number of urea groups is 1. The molecule has 1 heterocycles. The molecule has 1 saturated carbocycles. The maximum Gasteiger partial charge on any atom is 0.312 e. The van der Waals surface area contributed by atoms with Crippen molar-refractivity contribution in [2.75, 3.05) is 0 Å². The molecule has 0 saturated heterocycles. The van der Waals surface area contributed by atoms with E-state index in [2.05, 4.69) is 26.1 Å². The zero-order valence-corrected chi connectivity index (χ0v) is 14.1. The number of nitrogens with one attached hydrogen (secondary N) is 2. The van der Waals surface area contributed by atoms with Gasteiger partial charge in [0.1, 0.15) is 11.9 Å². The second-order valence-corrected chi connectivity index (χ2v) is 6.53. The molecule has 0 radical (unpaired) electrons. The van der Waals surface area contributed by atoms with E-state index in [1.54, 1.807) is 6.07 Å². The van der Waals surface area contributed by atoms with Gasteiger partial charge in [-0.1, -0.05) is 11.2 Å². The molecule has 0 unspecified atom stereocenters. The van der Waals surface area contributed by atoms with Crippen LogP contribution in [-0.4, -0.2) is 39.5 Å². The maximum atomic E-state index is 13.4. The predicted molar refractivity (Wildman–Crippen MR) is 88.8 cm³/mol. The van der Waals surface area contributed by atoms with Gasteiger partial charge < -0.3 is 26.3 Å². The van der Waals surface area contributed by atoms with Gasteiger partial charge in [-0.25, -0.2) is 13.8 Å². The van der Waals surface area contributed by atoms with Crippen LogP contribution in [0.15, 0.2) is 28.0 Å². The number of carbonyl (C=O) groups is 1. The number of oxime groups is 1. The molecule has 142 valence electrons. The van der Waals surface area contributed by atoms with Crippen LogP contribution < -0.4 is 21.1 Å². The van der Waals surface area contributed by atoms with Gasteiger partial charge in [-0.2, -0.15) is 0 Å². The third-order valence-corrected chi connectivity index (χ3v) is 4.72. The molecule has 0 bridgehead atoms. The molecule has 1 atom stereocenters. The molecule has 4 rings (SSSR count). The first-order valence-electron chi connectivity index (χ1n) is 8.36. The standard InChI is InChI=1S/C16H17FN6O4/c17-8-2-1-7-3-12(11(7)4-8)20-14(21-25)13-15(23-27-22-13)26-10-5-9(6-10)19-16(18)24/h1-2,4,9-10,12,25H,3,5-6H2,(H,20,21)(H3,18,19,24)/t9-,10-,12-/m0/s1. The second-order valence-electron chi connectivity index (χ2n) is 6.53. The Morgan fingerprint density at radius 3 is 2.93 bits per heavy atom. The Morgan fingerprint density at radius 1 is 1.37 bits per heavy atom. The first-order valence-corrected chi connectivity index (χ1v) is 8.36. The number of halogens is 1. The smallest absolute Gasteiger partial charge is 0.312 e. The van der Waals surface area contributed by atoms with E-state index in [0.717, 1.165) is 11.1 Å². The molecule has 27 heavy (non-hydrogen) atoms. The van der Waals surface area contributed by atoms with Crippen LogP contribution >= 0.6 is 0 Å². The molecule has 0 spiro atoms. The molecule has 1 aromatic heterocycles. The van der Waals surface area contributed by atoms with Crippen LogP contribution in [0.1, 0.15) is 35.7 Å².